The van der Waals surface area contributed by atoms with Crippen molar-refractivity contribution in [2.24, 2.45) is 0 Å². The molecule has 4 aliphatic rings. The van der Waals surface area contributed by atoms with E-state index >= 15 is 0 Å². The van der Waals surface area contributed by atoms with Gasteiger partial charge in [0, 0.05) is 46.4 Å². The first-order valence-electron chi connectivity index (χ1n) is 42.4. The highest BCUT2D eigenvalue weighted by molar-refractivity contribution is 9.10. The molecule has 1 fully saturated rings. The third kappa shape index (κ3) is 24.6. The fraction of sp³-hybridized carbons (Fsp3) is 0.449. The topological polar surface area (TPSA) is 202 Å². The normalized spacial score (nSPS) is 15.6. The van der Waals surface area contributed by atoms with Crippen LogP contribution in [0.15, 0.2) is 151 Å². The van der Waals surface area contributed by atoms with Crippen molar-refractivity contribution in [3.63, 3.8) is 0 Å². The van der Waals surface area contributed by atoms with Gasteiger partial charge in [0.15, 0.2) is 18.3 Å². The molecule has 676 valence electrons. The van der Waals surface area contributed by atoms with Crippen LogP contribution in [-0.4, -0.2) is 107 Å². The van der Waals surface area contributed by atoms with E-state index in [4.69, 9.17) is 47.2 Å². The van der Waals surface area contributed by atoms with E-state index in [2.05, 4.69) is 50.8 Å². The van der Waals surface area contributed by atoms with Crippen LogP contribution >= 0.6 is 15.9 Å². The number of alkyl halides is 9. The second-order valence-electron chi connectivity index (χ2n) is 35.3. The van der Waals surface area contributed by atoms with E-state index < -0.39 is 112 Å². The molecule has 7 heterocycles. The molecule has 28 heteroatoms. The van der Waals surface area contributed by atoms with Gasteiger partial charge in [0.25, 0.3) is 0 Å². The number of hydrogen-bond acceptors (Lipinski definition) is 16. The van der Waals surface area contributed by atoms with E-state index in [0.717, 1.165) is 123 Å². The van der Waals surface area contributed by atoms with Gasteiger partial charge in [-0.05, 0) is 327 Å². The Hall–Kier alpha value is -9.71. The Labute approximate surface area is 740 Å². The highest BCUT2D eigenvalue weighted by Crippen LogP contribution is 2.52. The Bertz CT molecular complexity index is 5330. The standard InChI is InChI=1S/C31H34F3NO4.C30H32F3NO4.C29H36BF3O6.C8H10BrN/c1-6-8-19-14-15-35-24(17-19)22-11-12-23(31(32,33)34)27(28(29(36)37-5)39-30(2,3)4)26(22)21-10-13-25-20(18-21)9-7-16-38-25;1-5-7-18-13-14-34-23(16-18)21-10-11-22(30(31,32)33)26(27(28(35)36)38-29(2,3)4)25(21)20-9-12-24-19(17-20)8-6-15-37-24;1-26(2,3)37-24(25(34)35-8)23-19(29(31,32)33)12-13-20(30-38-27(4,5)28(6,7)39-30)22(23)18-11-14-21-17(16-18)10-9-15-36-21;1-2-3-7-4-5-10-8(9)6-7/h10-15,17-18,28H,6-9,16H2,1-5H3;9-14,16-17,27H,5-8,15H2,1-4H3,(H,35,36);11-14,16,24H,9-10,15H2,1-8H3;4-6H,2-3H2,1H3. The van der Waals surface area contributed by atoms with Crippen LogP contribution in [0.5, 0.6) is 17.2 Å². The summed E-state index contributed by atoms with van der Waals surface area (Å²) in [6.45, 7) is 30.4. The van der Waals surface area contributed by atoms with E-state index in [1.165, 1.54) is 30.2 Å². The maximum absolute atomic E-state index is 14.6. The molecule has 9 aromatic rings. The number of methoxy groups -OCH3 is 2. The quantitative estimate of drug-likeness (QED) is 0.0308. The Balaban J connectivity index is 0.000000186. The Morgan fingerprint density at radius 2 is 0.770 bits per heavy atom. The molecule has 0 bridgehead atoms. The number of carbonyl (C=O) groups excluding carboxylic acids is 2. The van der Waals surface area contributed by atoms with Crippen LogP contribution in [-0.2, 0) is 104 Å². The number of hydrogen-bond donors (Lipinski definition) is 1. The number of benzene rings is 6. The Morgan fingerprint density at radius 3 is 1.10 bits per heavy atom. The van der Waals surface area contributed by atoms with Gasteiger partial charge in [0.05, 0.1) is 90.1 Å². The SMILES string of the molecule is CCCc1ccnc(-c2ccc(C(F)(F)F)c(C(OC(C)(C)C)C(=O)O)c2-c2ccc3c(c2)CCCO3)c1.CCCc1ccnc(-c2ccc(C(F)(F)F)c(C(OC(C)(C)C)C(=O)OC)c2-c2ccc3c(c2)CCCO3)c1.CCCc1ccnc(Br)c1.COC(=O)C(OC(C)(C)C)c1c(C(F)(F)F)ccc(B2OC(C)(C)C(C)(C)O2)c1-c1ccc2c(c1)CCCO2. The zero-order valence-corrected chi connectivity index (χ0v) is 76.2. The summed E-state index contributed by atoms with van der Waals surface area (Å²) in [5, 5.41) is 10.2. The predicted molar refractivity (Wildman–Crippen MR) is 471 cm³/mol. The van der Waals surface area contributed by atoms with Gasteiger partial charge < -0.3 is 52.3 Å². The molecule has 0 spiro atoms. The first-order chi connectivity index (χ1) is 59.1. The molecule has 0 aliphatic carbocycles. The molecule has 6 aromatic carbocycles. The lowest BCUT2D eigenvalue weighted by Crippen LogP contribution is -2.41. The molecule has 13 rings (SSSR count). The second-order valence-corrected chi connectivity index (χ2v) is 36.2. The summed E-state index contributed by atoms with van der Waals surface area (Å²) in [4.78, 5) is 51.8. The zero-order chi connectivity index (χ0) is 92.4. The fourth-order valence-corrected chi connectivity index (χ4v) is 15.9. The lowest BCUT2D eigenvalue weighted by molar-refractivity contribution is -0.167. The minimum absolute atomic E-state index is 0.144. The molecule has 0 saturated carbocycles. The van der Waals surface area contributed by atoms with E-state index in [1.54, 1.807) is 117 Å². The van der Waals surface area contributed by atoms with Crippen molar-refractivity contribution >= 4 is 46.4 Å². The van der Waals surface area contributed by atoms with Crippen molar-refractivity contribution in [2.75, 3.05) is 34.0 Å². The van der Waals surface area contributed by atoms with Gasteiger partial charge >= 0.3 is 43.6 Å². The van der Waals surface area contributed by atoms with E-state index in [9.17, 15) is 59.0 Å². The van der Waals surface area contributed by atoms with Gasteiger partial charge in [-0.15, -0.1) is 0 Å². The average Bonchev–Trinajstić information content (AvgIpc) is 1.20. The highest BCUT2D eigenvalue weighted by Gasteiger charge is 2.54. The van der Waals surface area contributed by atoms with Crippen LogP contribution in [0.4, 0.5) is 39.5 Å². The first kappa shape index (κ1) is 98.5. The number of aliphatic carboxylic acids is 1. The molecule has 126 heavy (non-hydrogen) atoms. The van der Waals surface area contributed by atoms with Gasteiger partial charge in [-0.3, -0.25) is 9.97 Å². The number of carboxylic acid groups (broad SMARTS) is 1. The predicted octanol–water partition coefficient (Wildman–Crippen LogP) is 24.2. The molecule has 1 saturated heterocycles. The summed E-state index contributed by atoms with van der Waals surface area (Å²) in [6.07, 6.45) is -4.20. The molecule has 17 nitrogen and oxygen atoms in total. The molecule has 3 atom stereocenters. The number of fused-ring (bicyclic) bond motifs is 3. The largest absolute Gasteiger partial charge is 0.495 e. The lowest BCUT2D eigenvalue weighted by atomic mass is 9.71. The summed E-state index contributed by atoms with van der Waals surface area (Å²) in [7, 11) is 1.28. The highest BCUT2D eigenvalue weighted by atomic mass is 79.9. The number of ether oxygens (including phenoxy) is 8. The average molecular weight is 1820 g/mol. The molecule has 0 radical (unpaired) electrons. The second kappa shape index (κ2) is 40.7. The van der Waals surface area contributed by atoms with Gasteiger partial charge in [-0.25, -0.2) is 19.4 Å². The lowest BCUT2D eigenvalue weighted by Gasteiger charge is -2.32. The van der Waals surface area contributed by atoms with Crippen molar-refractivity contribution in [3.8, 4) is 73.1 Å². The van der Waals surface area contributed by atoms with Crippen LogP contribution in [0, 0.1) is 0 Å². The van der Waals surface area contributed by atoms with Crippen molar-refractivity contribution in [1.82, 2.24) is 15.0 Å². The minimum Gasteiger partial charge on any atom is -0.493 e. The number of aryl methyl sites for hydroxylation is 6. The van der Waals surface area contributed by atoms with Crippen LogP contribution in [0.25, 0.3) is 55.9 Å². The van der Waals surface area contributed by atoms with Crippen molar-refractivity contribution in [2.45, 2.75) is 253 Å². The van der Waals surface area contributed by atoms with Gasteiger partial charge in [-0.1, -0.05) is 76.4 Å². The number of aromatic nitrogens is 3. The van der Waals surface area contributed by atoms with E-state index in [0.29, 0.717) is 94.6 Å². The van der Waals surface area contributed by atoms with Crippen molar-refractivity contribution in [3.05, 3.63) is 217 Å². The third-order valence-corrected chi connectivity index (χ3v) is 22.1. The summed E-state index contributed by atoms with van der Waals surface area (Å²) >= 11 is 3.32. The number of halogens is 10. The van der Waals surface area contributed by atoms with E-state index in [-0.39, 0.29) is 27.8 Å². The first-order valence-corrected chi connectivity index (χ1v) is 43.2. The van der Waals surface area contributed by atoms with Crippen LogP contribution in [0.3, 0.4) is 0 Å². The molecular weight excluding hydrogens is 1700 g/mol. The smallest absolute Gasteiger partial charge is 0.493 e. The summed E-state index contributed by atoms with van der Waals surface area (Å²) in [5.74, 6) is -1.28. The Morgan fingerprint density at radius 1 is 0.444 bits per heavy atom. The minimum atomic E-state index is -4.81. The van der Waals surface area contributed by atoms with Gasteiger partial charge in [-0.2, -0.15) is 39.5 Å². The number of carbonyl (C=O) groups is 3. The van der Waals surface area contributed by atoms with Crippen LogP contribution in [0.2, 0.25) is 0 Å². The Kier molecular flexibility index (Phi) is 31.8. The molecule has 0 amide bonds. The fourth-order valence-electron chi connectivity index (χ4n) is 15.5. The number of carboxylic acids is 1. The molecular formula is C98H112BBrF9N3O14. The van der Waals surface area contributed by atoms with E-state index in [1.807, 2.05) is 83.3 Å². The number of pyridine rings is 3. The summed E-state index contributed by atoms with van der Waals surface area (Å²) in [5.41, 5.74) is 1.69. The number of rotatable bonds is 21. The third-order valence-electron chi connectivity index (χ3n) is 21.6. The van der Waals surface area contributed by atoms with Crippen LogP contribution < -0.4 is 19.7 Å². The maximum atomic E-state index is 14.6. The van der Waals surface area contributed by atoms with Gasteiger partial charge in [0.2, 0.25) is 0 Å². The summed E-state index contributed by atoms with van der Waals surface area (Å²) < 4.78 is 190. The zero-order valence-electron chi connectivity index (χ0n) is 74.6. The van der Waals surface area contributed by atoms with Gasteiger partial charge in [0.1, 0.15) is 21.9 Å². The van der Waals surface area contributed by atoms with Crippen molar-refractivity contribution in [1.29, 1.82) is 0 Å². The molecule has 3 aromatic heterocycles. The number of esters is 2. The number of nitrogens with zero attached hydrogens (tertiary/aromatic N) is 3. The maximum Gasteiger partial charge on any atom is 0.495 e. The summed E-state index contributed by atoms with van der Waals surface area (Å²) in [6, 6.07) is 34.5. The molecule has 1 N–H and O–H groups in total. The van der Waals surface area contributed by atoms with Crippen LogP contribution in [0.1, 0.15) is 234 Å². The monoisotopic (exact) mass is 1820 g/mol. The molecule has 3 unspecified atom stereocenters. The van der Waals surface area contributed by atoms with Crippen molar-refractivity contribution < 1.29 is 106 Å². The molecule has 4 aliphatic heterocycles.